The largest absolute Gasteiger partial charge is 0.461 e. The monoisotopic (exact) mass is 443 g/mol. The molecular formula is C26H37NO5. The Kier molecular flexibility index (Phi) is 12.1. The van der Waals surface area contributed by atoms with Gasteiger partial charge in [0.2, 0.25) is 0 Å². The van der Waals surface area contributed by atoms with Crippen molar-refractivity contribution in [2.75, 3.05) is 6.61 Å². The number of benzene rings is 2. The van der Waals surface area contributed by atoms with Crippen molar-refractivity contribution in [3.05, 3.63) is 71.8 Å². The van der Waals surface area contributed by atoms with Crippen LogP contribution in [0.1, 0.15) is 52.2 Å². The third kappa shape index (κ3) is 13.4. The lowest BCUT2D eigenvalue weighted by Gasteiger charge is -2.22. The lowest BCUT2D eigenvalue weighted by molar-refractivity contribution is -0.151. The van der Waals surface area contributed by atoms with Crippen molar-refractivity contribution in [3.8, 4) is 0 Å². The summed E-state index contributed by atoms with van der Waals surface area (Å²) in [5.41, 5.74) is 1.81. The molecule has 0 radical (unpaired) electrons. The third-order valence-electron chi connectivity index (χ3n) is 4.12. The quantitative estimate of drug-likeness (QED) is 0.435. The van der Waals surface area contributed by atoms with Crippen LogP contribution in [0, 0.1) is 6.92 Å². The van der Waals surface area contributed by atoms with E-state index in [-0.39, 0.29) is 6.10 Å². The standard InChI is InChI=1S/C19H29NO5.C7H8/c1-14(11-12-23-13-16-9-7-6-8-10-16)24-17(21)15(2)20-18(22)25-19(3,4)5;1-7-5-3-2-4-6-7/h6-10,14-15H,11-13H2,1-5H3,(H,20,22);2-6H,1H3/t14-,15-;/m0./s1. The molecule has 0 saturated carbocycles. The molecule has 0 aliphatic carbocycles. The van der Waals surface area contributed by atoms with Gasteiger partial charge in [-0.25, -0.2) is 9.59 Å². The van der Waals surface area contributed by atoms with Gasteiger partial charge in [-0.2, -0.15) is 0 Å². The van der Waals surface area contributed by atoms with Gasteiger partial charge < -0.3 is 19.5 Å². The summed E-state index contributed by atoms with van der Waals surface area (Å²) in [6.45, 7) is 11.7. The molecule has 2 aromatic carbocycles. The Morgan fingerprint density at radius 3 is 2.00 bits per heavy atom. The van der Waals surface area contributed by atoms with Crippen molar-refractivity contribution in [2.45, 2.75) is 72.3 Å². The SMILES string of the molecule is C[C@H](NC(=O)OC(C)(C)C)C(=O)O[C@@H](C)CCOCc1ccccc1.Cc1ccccc1. The molecule has 0 saturated heterocycles. The number of carbonyl (C=O) groups excluding carboxylic acids is 2. The summed E-state index contributed by atoms with van der Waals surface area (Å²) in [6.07, 6.45) is -0.362. The van der Waals surface area contributed by atoms with Gasteiger partial charge in [0, 0.05) is 6.42 Å². The summed E-state index contributed by atoms with van der Waals surface area (Å²) in [6, 6.07) is 19.3. The van der Waals surface area contributed by atoms with Gasteiger partial charge in [0.25, 0.3) is 0 Å². The smallest absolute Gasteiger partial charge is 0.408 e. The highest BCUT2D eigenvalue weighted by Crippen LogP contribution is 2.08. The second kappa shape index (κ2) is 14.2. The zero-order valence-corrected chi connectivity index (χ0v) is 20.1. The highest BCUT2D eigenvalue weighted by molar-refractivity contribution is 5.81. The number of amides is 1. The first kappa shape index (κ1) is 27.2. The first-order chi connectivity index (χ1) is 15.1. The Morgan fingerprint density at radius 2 is 1.50 bits per heavy atom. The Hall–Kier alpha value is -2.86. The number of ether oxygens (including phenoxy) is 3. The van der Waals surface area contributed by atoms with Crippen molar-refractivity contribution in [1.82, 2.24) is 5.32 Å². The average molecular weight is 444 g/mol. The minimum absolute atomic E-state index is 0.300. The van der Waals surface area contributed by atoms with Gasteiger partial charge in [-0.15, -0.1) is 0 Å². The Balaban J connectivity index is 0.000000616. The summed E-state index contributed by atoms with van der Waals surface area (Å²) < 4.78 is 16.0. The molecule has 2 aromatic rings. The highest BCUT2D eigenvalue weighted by atomic mass is 16.6. The molecule has 0 aromatic heterocycles. The van der Waals surface area contributed by atoms with E-state index in [1.165, 1.54) is 5.56 Å². The van der Waals surface area contributed by atoms with Crippen molar-refractivity contribution in [1.29, 1.82) is 0 Å². The van der Waals surface area contributed by atoms with Crippen LogP contribution in [0.25, 0.3) is 0 Å². The molecule has 0 heterocycles. The second-order valence-corrected chi connectivity index (χ2v) is 8.60. The van der Waals surface area contributed by atoms with Crippen LogP contribution in [0.5, 0.6) is 0 Å². The molecule has 0 aliphatic heterocycles. The molecule has 32 heavy (non-hydrogen) atoms. The van der Waals surface area contributed by atoms with E-state index in [9.17, 15) is 9.59 Å². The van der Waals surface area contributed by atoms with Crippen LogP contribution in [-0.2, 0) is 25.6 Å². The van der Waals surface area contributed by atoms with E-state index in [0.29, 0.717) is 19.6 Å². The molecule has 1 N–H and O–H groups in total. The maximum atomic E-state index is 12.0. The van der Waals surface area contributed by atoms with Gasteiger partial charge >= 0.3 is 12.1 Å². The minimum Gasteiger partial charge on any atom is -0.461 e. The summed E-state index contributed by atoms with van der Waals surface area (Å²) >= 11 is 0. The lowest BCUT2D eigenvalue weighted by atomic mass is 10.2. The number of aryl methyl sites for hydroxylation is 1. The molecule has 0 unspecified atom stereocenters. The third-order valence-corrected chi connectivity index (χ3v) is 4.12. The number of rotatable bonds is 8. The predicted molar refractivity (Wildman–Crippen MR) is 126 cm³/mol. The molecule has 1 amide bonds. The first-order valence-electron chi connectivity index (χ1n) is 10.9. The number of esters is 1. The molecule has 0 fully saturated rings. The number of carbonyl (C=O) groups is 2. The van der Waals surface area contributed by atoms with Crippen LogP contribution in [0.4, 0.5) is 4.79 Å². The first-order valence-corrected chi connectivity index (χ1v) is 10.9. The molecule has 2 rings (SSSR count). The molecule has 6 nitrogen and oxygen atoms in total. The number of hydrogen-bond acceptors (Lipinski definition) is 5. The van der Waals surface area contributed by atoms with Crippen molar-refractivity contribution in [3.63, 3.8) is 0 Å². The van der Waals surface area contributed by atoms with Gasteiger partial charge in [-0.3, -0.25) is 0 Å². The van der Waals surface area contributed by atoms with E-state index in [2.05, 4.69) is 24.4 Å². The van der Waals surface area contributed by atoms with Crippen LogP contribution in [0.2, 0.25) is 0 Å². The molecule has 6 heteroatoms. The molecule has 2 atom stereocenters. The maximum absolute atomic E-state index is 12.0. The Bertz CT molecular complexity index is 787. The van der Waals surface area contributed by atoms with Crippen LogP contribution in [0.3, 0.4) is 0 Å². The summed E-state index contributed by atoms with van der Waals surface area (Å²) in [7, 11) is 0. The predicted octanol–water partition coefficient (Wildman–Crippen LogP) is 5.43. The van der Waals surface area contributed by atoms with Gasteiger partial charge in [0.1, 0.15) is 17.7 Å². The fourth-order valence-electron chi connectivity index (χ4n) is 2.45. The van der Waals surface area contributed by atoms with Crippen LogP contribution < -0.4 is 5.32 Å². The van der Waals surface area contributed by atoms with Crippen LogP contribution in [-0.4, -0.2) is 36.4 Å². The van der Waals surface area contributed by atoms with E-state index in [1.54, 1.807) is 34.6 Å². The second-order valence-electron chi connectivity index (χ2n) is 8.60. The van der Waals surface area contributed by atoms with Crippen LogP contribution >= 0.6 is 0 Å². The molecule has 0 bridgehead atoms. The number of nitrogens with one attached hydrogen (secondary N) is 1. The number of hydrogen-bond donors (Lipinski definition) is 1. The van der Waals surface area contributed by atoms with Crippen molar-refractivity contribution in [2.24, 2.45) is 0 Å². The molecular weight excluding hydrogens is 406 g/mol. The van der Waals surface area contributed by atoms with Crippen molar-refractivity contribution < 1.29 is 23.8 Å². The Morgan fingerprint density at radius 1 is 0.938 bits per heavy atom. The van der Waals surface area contributed by atoms with Gasteiger partial charge in [0.05, 0.1) is 13.2 Å². The average Bonchev–Trinajstić information content (AvgIpc) is 2.71. The fraction of sp³-hybridized carbons (Fsp3) is 0.462. The molecule has 176 valence electrons. The van der Waals surface area contributed by atoms with E-state index >= 15 is 0 Å². The number of alkyl carbamates (subject to hydrolysis) is 1. The summed E-state index contributed by atoms with van der Waals surface area (Å²) in [5.74, 6) is -0.499. The topological polar surface area (TPSA) is 73.9 Å². The Labute approximate surface area is 192 Å². The van der Waals surface area contributed by atoms with E-state index in [1.807, 2.05) is 48.5 Å². The lowest BCUT2D eigenvalue weighted by Crippen LogP contribution is -2.43. The van der Waals surface area contributed by atoms with E-state index < -0.39 is 23.7 Å². The highest BCUT2D eigenvalue weighted by Gasteiger charge is 2.23. The van der Waals surface area contributed by atoms with Gasteiger partial charge in [0.15, 0.2) is 0 Å². The van der Waals surface area contributed by atoms with Gasteiger partial charge in [-0.05, 0) is 47.1 Å². The maximum Gasteiger partial charge on any atom is 0.408 e. The fourth-order valence-corrected chi connectivity index (χ4v) is 2.45. The summed E-state index contributed by atoms with van der Waals surface area (Å²) in [4.78, 5) is 23.6. The molecule has 0 spiro atoms. The van der Waals surface area contributed by atoms with E-state index in [0.717, 1.165) is 5.56 Å². The van der Waals surface area contributed by atoms with Crippen LogP contribution in [0.15, 0.2) is 60.7 Å². The minimum atomic E-state index is -0.775. The van der Waals surface area contributed by atoms with Gasteiger partial charge in [-0.1, -0.05) is 66.2 Å². The zero-order chi connectivity index (χ0) is 24.0. The van der Waals surface area contributed by atoms with Crippen molar-refractivity contribution >= 4 is 12.1 Å². The summed E-state index contributed by atoms with van der Waals surface area (Å²) in [5, 5.41) is 2.46. The molecule has 0 aliphatic rings. The van der Waals surface area contributed by atoms with E-state index in [4.69, 9.17) is 14.2 Å². The zero-order valence-electron chi connectivity index (χ0n) is 20.1. The normalized spacial score (nSPS) is 12.6.